The Morgan fingerprint density at radius 1 is 1.27 bits per heavy atom. The summed E-state index contributed by atoms with van der Waals surface area (Å²) in [7, 11) is 0. The minimum absolute atomic E-state index is 0.173. The molecule has 1 atom stereocenters. The molecule has 1 aromatic carbocycles. The molecule has 5 nitrogen and oxygen atoms in total. The lowest BCUT2D eigenvalue weighted by Gasteiger charge is -2.13. The van der Waals surface area contributed by atoms with Gasteiger partial charge >= 0.3 is 5.97 Å². The molecular formula is C15H13ClN2O3S. The van der Waals surface area contributed by atoms with Crippen molar-refractivity contribution in [2.75, 3.05) is 5.32 Å². The Kier molecular flexibility index (Phi) is 5.41. The van der Waals surface area contributed by atoms with Crippen molar-refractivity contribution in [3.8, 4) is 0 Å². The molecule has 0 fully saturated rings. The lowest BCUT2D eigenvalue weighted by Crippen LogP contribution is -2.23. The predicted molar refractivity (Wildman–Crippen MR) is 86.6 cm³/mol. The van der Waals surface area contributed by atoms with Gasteiger partial charge in [0.1, 0.15) is 0 Å². The summed E-state index contributed by atoms with van der Waals surface area (Å²) in [6.07, 6.45) is 1.53. The van der Waals surface area contributed by atoms with Crippen LogP contribution in [-0.4, -0.2) is 27.2 Å². The van der Waals surface area contributed by atoms with Crippen LogP contribution < -0.4 is 5.32 Å². The van der Waals surface area contributed by atoms with E-state index >= 15 is 0 Å². The Bertz CT molecular complexity index is 709. The summed E-state index contributed by atoms with van der Waals surface area (Å²) >= 11 is 7.07. The predicted octanol–water partition coefficient (Wildman–Crippen LogP) is 3.55. The first-order valence-electron chi connectivity index (χ1n) is 6.39. The first-order valence-corrected chi connectivity index (χ1v) is 7.65. The number of carboxylic acid groups (broad SMARTS) is 1. The van der Waals surface area contributed by atoms with E-state index in [0.29, 0.717) is 10.6 Å². The Hall–Kier alpha value is -2.05. The number of anilines is 1. The smallest absolute Gasteiger partial charge is 0.336 e. The second-order valence-electron chi connectivity index (χ2n) is 4.39. The molecule has 0 bridgehead atoms. The summed E-state index contributed by atoms with van der Waals surface area (Å²) in [5.41, 5.74) is 0.597. The van der Waals surface area contributed by atoms with Crippen LogP contribution in [0.4, 0.5) is 5.69 Å². The summed E-state index contributed by atoms with van der Waals surface area (Å²) < 4.78 is 0. The third-order valence-electron chi connectivity index (χ3n) is 2.81. The number of rotatable bonds is 5. The van der Waals surface area contributed by atoms with Crippen molar-refractivity contribution < 1.29 is 14.7 Å². The Morgan fingerprint density at radius 2 is 2.00 bits per heavy atom. The lowest BCUT2D eigenvalue weighted by atomic mass is 10.2. The van der Waals surface area contributed by atoms with E-state index in [4.69, 9.17) is 16.7 Å². The molecule has 7 heteroatoms. The number of carbonyl (C=O) groups is 2. The average Bonchev–Trinajstić information content (AvgIpc) is 2.49. The monoisotopic (exact) mass is 336 g/mol. The normalized spacial score (nSPS) is 11.7. The first-order chi connectivity index (χ1) is 10.5. The molecule has 0 aliphatic carbocycles. The molecule has 1 aromatic heterocycles. The second kappa shape index (κ2) is 7.29. The summed E-state index contributed by atoms with van der Waals surface area (Å²) in [5, 5.41) is 11.5. The van der Waals surface area contributed by atoms with Crippen molar-refractivity contribution in [3.05, 3.63) is 53.3 Å². The van der Waals surface area contributed by atoms with Crippen LogP contribution in [0.25, 0.3) is 0 Å². The summed E-state index contributed by atoms with van der Waals surface area (Å²) in [4.78, 5) is 27.8. The van der Waals surface area contributed by atoms with E-state index in [0.717, 1.165) is 0 Å². The zero-order valence-corrected chi connectivity index (χ0v) is 13.2. The van der Waals surface area contributed by atoms with Gasteiger partial charge in [0.05, 0.1) is 16.5 Å². The van der Waals surface area contributed by atoms with Gasteiger partial charge in [0.2, 0.25) is 5.91 Å². The number of pyridine rings is 1. The molecule has 22 heavy (non-hydrogen) atoms. The van der Waals surface area contributed by atoms with Crippen LogP contribution in [-0.2, 0) is 4.79 Å². The summed E-state index contributed by atoms with van der Waals surface area (Å²) in [5.74, 6) is -1.30. The number of hydrogen-bond donors (Lipinski definition) is 2. The number of carboxylic acids is 1. The summed E-state index contributed by atoms with van der Waals surface area (Å²) in [6.45, 7) is 1.70. The highest BCUT2D eigenvalue weighted by Gasteiger charge is 2.19. The molecule has 2 rings (SSSR count). The second-order valence-corrected chi connectivity index (χ2v) is 6.13. The minimum atomic E-state index is -1.02. The fourth-order valence-corrected chi connectivity index (χ4v) is 2.86. The van der Waals surface area contributed by atoms with Crippen LogP contribution in [0.2, 0.25) is 5.15 Å². The zero-order valence-electron chi connectivity index (χ0n) is 11.6. The van der Waals surface area contributed by atoms with Gasteiger partial charge in [0.15, 0.2) is 5.15 Å². The molecule has 0 aliphatic heterocycles. The van der Waals surface area contributed by atoms with Crippen molar-refractivity contribution in [1.82, 2.24) is 4.98 Å². The summed E-state index contributed by atoms with van der Waals surface area (Å²) in [6, 6.07) is 9.88. The van der Waals surface area contributed by atoms with Crippen molar-refractivity contribution in [2.24, 2.45) is 0 Å². The highest BCUT2D eigenvalue weighted by molar-refractivity contribution is 8.00. The number of benzene rings is 1. The van der Waals surface area contributed by atoms with E-state index < -0.39 is 11.2 Å². The van der Waals surface area contributed by atoms with E-state index in [2.05, 4.69) is 10.3 Å². The maximum absolute atomic E-state index is 12.2. The third-order valence-corrected chi connectivity index (χ3v) is 4.29. The molecule has 114 valence electrons. The van der Waals surface area contributed by atoms with E-state index in [1.165, 1.54) is 24.0 Å². The van der Waals surface area contributed by atoms with Crippen molar-refractivity contribution in [1.29, 1.82) is 0 Å². The first kappa shape index (κ1) is 16.3. The quantitative estimate of drug-likeness (QED) is 0.644. The van der Waals surface area contributed by atoms with Gasteiger partial charge in [-0.3, -0.25) is 4.79 Å². The third kappa shape index (κ3) is 3.99. The van der Waals surface area contributed by atoms with Crippen molar-refractivity contribution in [2.45, 2.75) is 17.1 Å². The van der Waals surface area contributed by atoms with E-state index in [-0.39, 0.29) is 16.6 Å². The lowest BCUT2D eigenvalue weighted by molar-refractivity contribution is -0.115. The molecule has 0 radical (unpaired) electrons. The topological polar surface area (TPSA) is 79.3 Å². The number of thioether (sulfide) groups is 1. The number of hydrogen-bond acceptors (Lipinski definition) is 4. The van der Waals surface area contributed by atoms with Crippen LogP contribution in [0.15, 0.2) is 47.5 Å². The van der Waals surface area contributed by atoms with Crippen molar-refractivity contribution in [3.63, 3.8) is 0 Å². The Balaban J connectivity index is 2.09. The fourth-order valence-electron chi connectivity index (χ4n) is 1.70. The number of halogens is 1. The number of amides is 1. The maximum Gasteiger partial charge on any atom is 0.336 e. The van der Waals surface area contributed by atoms with Gasteiger partial charge in [0, 0.05) is 11.1 Å². The standard InChI is InChI=1S/C15H13ClN2O3S/c1-9(14(19)18-11-6-4-8-17-13(11)16)22-12-7-3-2-5-10(12)15(20)21/h2-9H,1H3,(H,18,19)(H,20,21)/t9-/m1/s1. The van der Waals surface area contributed by atoms with Crippen LogP contribution in [0.5, 0.6) is 0 Å². The molecule has 0 spiro atoms. The van der Waals surface area contributed by atoms with Gasteiger partial charge in [-0.15, -0.1) is 11.8 Å². The molecule has 0 saturated heterocycles. The fraction of sp³-hybridized carbons (Fsp3) is 0.133. The molecule has 2 N–H and O–H groups in total. The average molecular weight is 337 g/mol. The molecule has 0 aliphatic rings. The van der Waals surface area contributed by atoms with E-state index in [9.17, 15) is 9.59 Å². The van der Waals surface area contributed by atoms with Gasteiger partial charge < -0.3 is 10.4 Å². The van der Waals surface area contributed by atoms with Gasteiger partial charge in [-0.25, -0.2) is 9.78 Å². The molecule has 0 unspecified atom stereocenters. The van der Waals surface area contributed by atoms with E-state index in [1.54, 1.807) is 37.3 Å². The molecule has 2 aromatic rings. The number of aromatic nitrogens is 1. The van der Waals surface area contributed by atoms with Crippen LogP contribution in [0.3, 0.4) is 0 Å². The highest BCUT2D eigenvalue weighted by atomic mass is 35.5. The highest BCUT2D eigenvalue weighted by Crippen LogP contribution is 2.28. The molecule has 1 amide bonds. The van der Waals surface area contributed by atoms with Crippen LogP contribution >= 0.6 is 23.4 Å². The number of nitrogens with one attached hydrogen (secondary N) is 1. The van der Waals surface area contributed by atoms with Gasteiger partial charge in [-0.2, -0.15) is 0 Å². The number of nitrogens with zero attached hydrogens (tertiary/aromatic N) is 1. The SMILES string of the molecule is C[C@@H](Sc1ccccc1C(=O)O)C(=O)Nc1cccnc1Cl. The van der Waals surface area contributed by atoms with Crippen LogP contribution in [0, 0.1) is 0 Å². The maximum atomic E-state index is 12.2. The minimum Gasteiger partial charge on any atom is -0.478 e. The Morgan fingerprint density at radius 3 is 2.68 bits per heavy atom. The molecular weight excluding hydrogens is 324 g/mol. The van der Waals surface area contributed by atoms with Crippen LogP contribution in [0.1, 0.15) is 17.3 Å². The van der Waals surface area contributed by atoms with Gasteiger partial charge in [-0.1, -0.05) is 23.7 Å². The number of carbonyl (C=O) groups excluding carboxylic acids is 1. The zero-order chi connectivity index (χ0) is 16.1. The largest absolute Gasteiger partial charge is 0.478 e. The van der Waals surface area contributed by atoms with E-state index in [1.807, 2.05) is 0 Å². The molecule has 0 saturated carbocycles. The van der Waals surface area contributed by atoms with Gasteiger partial charge in [-0.05, 0) is 31.2 Å². The molecule has 1 heterocycles. The Labute approximate surface area is 136 Å². The van der Waals surface area contributed by atoms with Gasteiger partial charge in [0.25, 0.3) is 0 Å². The number of aromatic carboxylic acids is 1. The van der Waals surface area contributed by atoms with Crippen molar-refractivity contribution >= 4 is 40.9 Å².